The standard InChI is InChI=1S/C10H11NS/c1-7-3-4-9-5-8(2)12-10(9)11-6-7/h3-7H,1-2H3. The van der Waals surface area contributed by atoms with Gasteiger partial charge >= 0.3 is 0 Å². The van der Waals surface area contributed by atoms with E-state index < -0.39 is 0 Å². The molecule has 0 fully saturated rings. The van der Waals surface area contributed by atoms with Crippen LogP contribution in [0.4, 0.5) is 5.00 Å². The van der Waals surface area contributed by atoms with Gasteiger partial charge in [0, 0.05) is 22.6 Å². The van der Waals surface area contributed by atoms with Crippen molar-refractivity contribution in [3.05, 3.63) is 22.6 Å². The number of nitrogens with zero attached hydrogens (tertiary/aromatic N) is 1. The van der Waals surface area contributed by atoms with Crippen LogP contribution >= 0.6 is 11.3 Å². The van der Waals surface area contributed by atoms with E-state index in [4.69, 9.17) is 0 Å². The van der Waals surface area contributed by atoms with E-state index in [1.54, 1.807) is 11.3 Å². The lowest BCUT2D eigenvalue weighted by molar-refractivity contribution is 1.04. The molecule has 1 unspecified atom stereocenters. The summed E-state index contributed by atoms with van der Waals surface area (Å²) in [5.41, 5.74) is 1.26. The highest BCUT2D eigenvalue weighted by Crippen LogP contribution is 2.32. The SMILES string of the molecule is Cc1cc2c(s1)N=CC(C)C=C2. The lowest BCUT2D eigenvalue weighted by Crippen LogP contribution is -1.86. The maximum Gasteiger partial charge on any atom is 0.123 e. The summed E-state index contributed by atoms with van der Waals surface area (Å²) in [7, 11) is 0. The summed E-state index contributed by atoms with van der Waals surface area (Å²) < 4.78 is 0. The number of rotatable bonds is 0. The van der Waals surface area contributed by atoms with E-state index >= 15 is 0 Å². The van der Waals surface area contributed by atoms with E-state index in [1.165, 1.54) is 10.4 Å². The highest BCUT2D eigenvalue weighted by atomic mass is 32.1. The maximum atomic E-state index is 4.42. The molecule has 0 spiro atoms. The Bertz CT molecular complexity index is 315. The molecule has 0 saturated carbocycles. The summed E-state index contributed by atoms with van der Waals surface area (Å²) in [6.07, 6.45) is 6.34. The first-order chi connectivity index (χ1) is 5.75. The second-order valence-electron chi connectivity index (χ2n) is 3.11. The second kappa shape index (κ2) is 2.87. The summed E-state index contributed by atoms with van der Waals surface area (Å²) in [5.74, 6) is 0.463. The number of hydrogen-bond donors (Lipinski definition) is 0. The van der Waals surface area contributed by atoms with Gasteiger partial charge in [0.1, 0.15) is 5.00 Å². The fourth-order valence-corrected chi connectivity index (χ4v) is 2.08. The molecule has 1 aromatic heterocycles. The van der Waals surface area contributed by atoms with Crippen LogP contribution in [0.2, 0.25) is 0 Å². The summed E-state index contributed by atoms with van der Waals surface area (Å²) in [6.45, 7) is 4.26. The van der Waals surface area contributed by atoms with Crippen LogP contribution in [0, 0.1) is 12.8 Å². The Morgan fingerprint density at radius 1 is 1.50 bits per heavy atom. The van der Waals surface area contributed by atoms with Crippen LogP contribution in [0.5, 0.6) is 0 Å². The summed E-state index contributed by atoms with van der Waals surface area (Å²) in [6, 6.07) is 2.19. The molecule has 1 nitrogen and oxygen atoms in total. The van der Waals surface area contributed by atoms with Crippen LogP contribution in [0.15, 0.2) is 17.1 Å². The Labute approximate surface area is 76.5 Å². The number of fused-ring (bicyclic) bond motifs is 1. The van der Waals surface area contributed by atoms with Gasteiger partial charge in [-0.05, 0) is 13.0 Å². The van der Waals surface area contributed by atoms with Gasteiger partial charge in [0.25, 0.3) is 0 Å². The van der Waals surface area contributed by atoms with Crippen molar-refractivity contribution in [2.45, 2.75) is 13.8 Å². The zero-order valence-electron chi connectivity index (χ0n) is 7.24. The van der Waals surface area contributed by atoms with E-state index in [2.05, 4.69) is 37.1 Å². The van der Waals surface area contributed by atoms with Gasteiger partial charge in [-0.2, -0.15) is 0 Å². The molecule has 0 bridgehead atoms. The Morgan fingerprint density at radius 2 is 2.33 bits per heavy atom. The van der Waals surface area contributed by atoms with Crippen LogP contribution in [0.3, 0.4) is 0 Å². The lowest BCUT2D eigenvalue weighted by Gasteiger charge is -1.90. The van der Waals surface area contributed by atoms with Crippen LogP contribution in [-0.4, -0.2) is 6.21 Å². The first-order valence-electron chi connectivity index (χ1n) is 4.08. The minimum Gasteiger partial charge on any atom is -0.249 e. The maximum absolute atomic E-state index is 4.42. The van der Waals surface area contributed by atoms with Gasteiger partial charge in [0.15, 0.2) is 0 Å². The molecular formula is C10H11NS. The smallest absolute Gasteiger partial charge is 0.123 e. The quantitative estimate of drug-likeness (QED) is 0.575. The third kappa shape index (κ3) is 1.34. The van der Waals surface area contributed by atoms with Gasteiger partial charge in [0.05, 0.1) is 0 Å². The molecule has 1 aromatic rings. The molecule has 0 aromatic carbocycles. The third-order valence-electron chi connectivity index (χ3n) is 1.87. The van der Waals surface area contributed by atoms with Crippen molar-refractivity contribution in [3.8, 4) is 0 Å². The molecule has 0 amide bonds. The van der Waals surface area contributed by atoms with Crippen molar-refractivity contribution in [2.24, 2.45) is 10.9 Å². The number of thiophene rings is 1. The van der Waals surface area contributed by atoms with Crippen molar-refractivity contribution in [1.29, 1.82) is 0 Å². The van der Waals surface area contributed by atoms with Crippen LogP contribution in [0.1, 0.15) is 17.4 Å². The molecule has 1 aliphatic heterocycles. The summed E-state index contributed by atoms with van der Waals surface area (Å²) >= 11 is 1.76. The molecule has 1 aliphatic rings. The van der Waals surface area contributed by atoms with Crippen molar-refractivity contribution >= 4 is 28.6 Å². The van der Waals surface area contributed by atoms with Gasteiger partial charge in [-0.3, -0.25) is 0 Å². The predicted molar refractivity (Wildman–Crippen MR) is 55.4 cm³/mol. The first kappa shape index (κ1) is 7.74. The minimum atomic E-state index is 0.463. The Hall–Kier alpha value is -0.890. The summed E-state index contributed by atoms with van der Waals surface area (Å²) in [5, 5.41) is 1.15. The zero-order valence-corrected chi connectivity index (χ0v) is 8.06. The number of aliphatic imine (C=N–C) groups is 1. The van der Waals surface area contributed by atoms with Crippen molar-refractivity contribution in [2.75, 3.05) is 0 Å². The molecule has 2 heteroatoms. The van der Waals surface area contributed by atoms with Crippen molar-refractivity contribution in [1.82, 2.24) is 0 Å². The molecule has 0 saturated heterocycles. The molecule has 1 atom stereocenters. The monoisotopic (exact) mass is 177 g/mol. The lowest BCUT2D eigenvalue weighted by atomic mass is 10.2. The third-order valence-corrected chi connectivity index (χ3v) is 2.84. The zero-order chi connectivity index (χ0) is 8.55. The fourth-order valence-electron chi connectivity index (χ4n) is 1.23. The summed E-state index contributed by atoms with van der Waals surface area (Å²) in [4.78, 5) is 5.75. The number of allylic oxidation sites excluding steroid dienone is 1. The van der Waals surface area contributed by atoms with E-state index in [0.717, 1.165) is 5.00 Å². The van der Waals surface area contributed by atoms with E-state index in [0.29, 0.717) is 5.92 Å². The fraction of sp³-hybridized carbons (Fsp3) is 0.300. The van der Waals surface area contributed by atoms with Crippen LogP contribution in [0.25, 0.3) is 6.08 Å². The molecule has 0 aliphatic carbocycles. The average Bonchev–Trinajstić information content (AvgIpc) is 2.31. The topological polar surface area (TPSA) is 12.4 Å². The molecule has 2 rings (SSSR count). The van der Waals surface area contributed by atoms with Gasteiger partial charge in [-0.15, -0.1) is 11.3 Å². The normalized spacial score (nSPS) is 20.7. The highest BCUT2D eigenvalue weighted by molar-refractivity contribution is 7.16. The second-order valence-corrected chi connectivity index (χ2v) is 4.35. The van der Waals surface area contributed by atoms with E-state index in [9.17, 15) is 0 Å². The molecule has 0 N–H and O–H groups in total. The molecule has 2 heterocycles. The Balaban J connectivity index is 2.49. The number of hydrogen-bond acceptors (Lipinski definition) is 2. The first-order valence-corrected chi connectivity index (χ1v) is 4.90. The van der Waals surface area contributed by atoms with Crippen LogP contribution in [-0.2, 0) is 0 Å². The number of aryl methyl sites for hydroxylation is 1. The average molecular weight is 177 g/mol. The van der Waals surface area contributed by atoms with Gasteiger partial charge in [0.2, 0.25) is 0 Å². The van der Waals surface area contributed by atoms with Gasteiger partial charge < -0.3 is 0 Å². The van der Waals surface area contributed by atoms with Gasteiger partial charge in [-0.25, -0.2) is 4.99 Å². The Kier molecular flexibility index (Phi) is 1.85. The minimum absolute atomic E-state index is 0.463. The molecular weight excluding hydrogens is 166 g/mol. The van der Waals surface area contributed by atoms with Crippen LogP contribution < -0.4 is 0 Å². The molecule has 0 radical (unpaired) electrons. The van der Waals surface area contributed by atoms with E-state index in [-0.39, 0.29) is 0 Å². The van der Waals surface area contributed by atoms with Crippen molar-refractivity contribution in [3.63, 3.8) is 0 Å². The predicted octanol–water partition coefficient (Wildman–Crippen LogP) is 3.42. The molecule has 62 valence electrons. The largest absolute Gasteiger partial charge is 0.249 e. The van der Waals surface area contributed by atoms with Crippen molar-refractivity contribution < 1.29 is 0 Å². The van der Waals surface area contributed by atoms with Gasteiger partial charge in [-0.1, -0.05) is 19.1 Å². The Morgan fingerprint density at radius 3 is 3.17 bits per heavy atom. The molecule has 12 heavy (non-hydrogen) atoms. The van der Waals surface area contributed by atoms with E-state index in [1.807, 2.05) is 6.21 Å². The highest BCUT2D eigenvalue weighted by Gasteiger charge is 2.05.